The number of amides is 1. The highest BCUT2D eigenvalue weighted by atomic mass is 19.1. The quantitative estimate of drug-likeness (QED) is 0.641. The second-order valence-electron chi connectivity index (χ2n) is 7.11. The zero-order chi connectivity index (χ0) is 20.4. The standard InChI is InChI=1S/C22H22FN3O3/c1-2-29-21(28)18-19(15-7-9-17(23)10-8-15)24-22(25-20(18)27)26-12-11-14-5-3-4-6-16(14)13-26/h3-10,18-19H,2,11-13H2,1H3,(H,24,25,27)/t18-,19+/m1/s1. The Bertz CT molecular complexity index is 958. The number of ether oxygens (including phenoxy) is 1. The van der Waals surface area contributed by atoms with Crippen LogP contribution in [-0.2, 0) is 27.3 Å². The van der Waals surface area contributed by atoms with E-state index in [0.29, 0.717) is 24.6 Å². The van der Waals surface area contributed by atoms with Crippen molar-refractivity contribution in [3.8, 4) is 0 Å². The largest absolute Gasteiger partial charge is 0.465 e. The maximum atomic E-state index is 13.4. The van der Waals surface area contributed by atoms with E-state index >= 15 is 0 Å². The van der Waals surface area contributed by atoms with Gasteiger partial charge in [-0.3, -0.25) is 14.9 Å². The summed E-state index contributed by atoms with van der Waals surface area (Å²) in [6.45, 7) is 3.18. The summed E-state index contributed by atoms with van der Waals surface area (Å²) in [5.74, 6) is -2.16. The molecule has 1 N–H and O–H groups in total. The molecule has 0 radical (unpaired) electrons. The molecule has 2 aliphatic heterocycles. The van der Waals surface area contributed by atoms with E-state index in [-0.39, 0.29) is 6.61 Å². The molecule has 2 aromatic carbocycles. The molecule has 0 bridgehead atoms. The average Bonchev–Trinajstić information content (AvgIpc) is 2.73. The molecule has 2 heterocycles. The van der Waals surface area contributed by atoms with E-state index in [1.807, 2.05) is 17.0 Å². The first-order valence-electron chi connectivity index (χ1n) is 9.69. The van der Waals surface area contributed by atoms with Crippen LogP contribution in [0.3, 0.4) is 0 Å². The number of carbonyl (C=O) groups excluding carboxylic acids is 2. The van der Waals surface area contributed by atoms with Gasteiger partial charge < -0.3 is 9.64 Å². The zero-order valence-corrected chi connectivity index (χ0v) is 16.1. The van der Waals surface area contributed by atoms with Crippen molar-refractivity contribution in [1.29, 1.82) is 0 Å². The molecular formula is C22H22FN3O3. The third-order valence-electron chi connectivity index (χ3n) is 5.28. The monoisotopic (exact) mass is 395 g/mol. The number of rotatable bonds is 3. The molecule has 4 rings (SSSR count). The SMILES string of the molecule is CCOC(=O)[C@H]1C(=O)NC(N2CCc3ccccc3C2)=N[C@H]1c1ccc(F)cc1. The Balaban J connectivity index is 1.68. The van der Waals surface area contributed by atoms with E-state index in [0.717, 1.165) is 6.42 Å². The molecule has 1 amide bonds. The molecule has 7 heteroatoms. The molecule has 29 heavy (non-hydrogen) atoms. The van der Waals surface area contributed by atoms with Gasteiger partial charge in [0.25, 0.3) is 0 Å². The van der Waals surface area contributed by atoms with Crippen molar-refractivity contribution in [2.24, 2.45) is 10.9 Å². The highest BCUT2D eigenvalue weighted by molar-refractivity contribution is 6.08. The Morgan fingerprint density at radius 3 is 2.66 bits per heavy atom. The predicted molar refractivity (Wildman–Crippen MR) is 105 cm³/mol. The normalized spacial score (nSPS) is 21.1. The van der Waals surface area contributed by atoms with Crippen molar-refractivity contribution in [3.63, 3.8) is 0 Å². The average molecular weight is 395 g/mol. The summed E-state index contributed by atoms with van der Waals surface area (Å²) >= 11 is 0. The number of carbonyl (C=O) groups is 2. The molecule has 0 aromatic heterocycles. The summed E-state index contributed by atoms with van der Waals surface area (Å²) in [4.78, 5) is 32.0. The smallest absolute Gasteiger partial charge is 0.321 e. The summed E-state index contributed by atoms with van der Waals surface area (Å²) < 4.78 is 18.5. The molecule has 0 spiro atoms. The van der Waals surface area contributed by atoms with Crippen LogP contribution in [0.5, 0.6) is 0 Å². The lowest BCUT2D eigenvalue weighted by atomic mass is 9.91. The van der Waals surface area contributed by atoms with Crippen LogP contribution in [0.25, 0.3) is 0 Å². The Morgan fingerprint density at radius 2 is 1.93 bits per heavy atom. The summed E-state index contributed by atoms with van der Waals surface area (Å²) in [5.41, 5.74) is 3.06. The van der Waals surface area contributed by atoms with Crippen molar-refractivity contribution >= 4 is 17.8 Å². The fraction of sp³-hybridized carbons (Fsp3) is 0.318. The predicted octanol–water partition coefficient (Wildman–Crippen LogP) is 2.59. The van der Waals surface area contributed by atoms with Gasteiger partial charge in [0, 0.05) is 13.1 Å². The molecule has 0 fully saturated rings. The second kappa shape index (κ2) is 8.03. The number of benzene rings is 2. The summed E-state index contributed by atoms with van der Waals surface area (Å²) in [5, 5.41) is 2.78. The van der Waals surface area contributed by atoms with Crippen molar-refractivity contribution in [2.75, 3.05) is 13.2 Å². The van der Waals surface area contributed by atoms with E-state index in [9.17, 15) is 14.0 Å². The van der Waals surface area contributed by atoms with Crippen LogP contribution in [0.15, 0.2) is 53.5 Å². The van der Waals surface area contributed by atoms with Crippen LogP contribution < -0.4 is 5.32 Å². The van der Waals surface area contributed by atoms with Crippen LogP contribution in [0, 0.1) is 11.7 Å². The maximum Gasteiger partial charge on any atom is 0.321 e. The molecule has 6 nitrogen and oxygen atoms in total. The van der Waals surface area contributed by atoms with Crippen LogP contribution in [-0.4, -0.2) is 35.9 Å². The molecule has 2 aliphatic rings. The molecule has 0 saturated heterocycles. The number of nitrogens with zero attached hydrogens (tertiary/aromatic N) is 2. The van der Waals surface area contributed by atoms with E-state index < -0.39 is 29.7 Å². The van der Waals surface area contributed by atoms with Gasteiger partial charge in [0.2, 0.25) is 11.9 Å². The van der Waals surface area contributed by atoms with Gasteiger partial charge in [-0.1, -0.05) is 36.4 Å². The van der Waals surface area contributed by atoms with Crippen molar-refractivity contribution < 1.29 is 18.7 Å². The van der Waals surface area contributed by atoms with E-state index in [1.54, 1.807) is 19.1 Å². The highest BCUT2D eigenvalue weighted by Gasteiger charge is 2.42. The van der Waals surface area contributed by atoms with Crippen LogP contribution in [0.4, 0.5) is 4.39 Å². The number of esters is 1. The lowest BCUT2D eigenvalue weighted by Gasteiger charge is -2.36. The Kier molecular flexibility index (Phi) is 5.29. The number of nitrogens with one attached hydrogen (secondary N) is 1. The van der Waals surface area contributed by atoms with E-state index in [4.69, 9.17) is 9.73 Å². The Morgan fingerprint density at radius 1 is 1.21 bits per heavy atom. The van der Waals surface area contributed by atoms with Crippen molar-refractivity contribution in [1.82, 2.24) is 10.2 Å². The zero-order valence-electron chi connectivity index (χ0n) is 16.1. The van der Waals surface area contributed by atoms with Crippen LogP contribution >= 0.6 is 0 Å². The fourth-order valence-electron chi connectivity index (χ4n) is 3.80. The second-order valence-corrected chi connectivity index (χ2v) is 7.11. The van der Waals surface area contributed by atoms with E-state index in [1.165, 1.54) is 23.3 Å². The molecule has 0 saturated carbocycles. The third-order valence-corrected chi connectivity index (χ3v) is 5.28. The Labute approximate surface area is 168 Å². The minimum Gasteiger partial charge on any atom is -0.465 e. The molecule has 0 aliphatic carbocycles. The highest BCUT2D eigenvalue weighted by Crippen LogP contribution is 2.31. The minimum atomic E-state index is -1.11. The van der Waals surface area contributed by atoms with Gasteiger partial charge in [-0.05, 0) is 42.2 Å². The molecule has 2 atom stereocenters. The molecular weight excluding hydrogens is 373 g/mol. The summed E-state index contributed by atoms with van der Waals surface area (Å²) in [7, 11) is 0. The first-order valence-corrected chi connectivity index (χ1v) is 9.69. The van der Waals surface area contributed by atoms with Crippen molar-refractivity contribution in [2.45, 2.75) is 25.9 Å². The molecule has 0 unspecified atom stereocenters. The number of fused-ring (bicyclic) bond motifs is 1. The lowest BCUT2D eigenvalue weighted by Crippen LogP contribution is -2.53. The van der Waals surface area contributed by atoms with Gasteiger partial charge in [0.05, 0.1) is 6.61 Å². The lowest BCUT2D eigenvalue weighted by molar-refractivity contribution is -0.153. The number of guanidine groups is 1. The van der Waals surface area contributed by atoms with Crippen LogP contribution in [0.1, 0.15) is 29.7 Å². The van der Waals surface area contributed by atoms with Gasteiger partial charge in [0.15, 0.2) is 5.92 Å². The number of halogens is 1. The summed E-state index contributed by atoms with van der Waals surface area (Å²) in [6.07, 6.45) is 0.841. The van der Waals surface area contributed by atoms with Gasteiger partial charge in [-0.15, -0.1) is 0 Å². The number of hydrogen-bond acceptors (Lipinski definition) is 5. The minimum absolute atomic E-state index is 0.165. The van der Waals surface area contributed by atoms with Gasteiger partial charge >= 0.3 is 5.97 Å². The molecule has 2 aromatic rings. The topological polar surface area (TPSA) is 71.0 Å². The third kappa shape index (κ3) is 3.85. The Hall–Kier alpha value is -3.22. The fourth-order valence-corrected chi connectivity index (χ4v) is 3.80. The van der Waals surface area contributed by atoms with E-state index in [2.05, 4.69) is 17.4 Å². The number of aliphatic imine (C=N–C) groups is 1. The maximum absolute atomic E-state index is 13.4. The van der Waals surface area contributed by atoms with Gasteiger partial charge in [0.1, 0.15) is 11.9 Å². The number of hydrogen-bond donors (Lipinski definition) is 1. The summed E-state index contributed by atoms with van der Waals surface area (Å²) in [6, 6.07) is 13.1. The molecule has 150 valence electrons. The first kappa shape index (κ1) is 19.1. The van der Waals surface area contributed by atoms with Gasteiger partial charge in [-0.25, -0.2) is 9.38 Å². The van der Waals surface area contributed by atoms with Crippen LogP contribution in [0.2, 0.25) is 0 Å². The van der Waals surface area contributed by atoms with Crippen molar-refractivity contribution in [3.05, 3.63) is 71.0 Å². The first-order chi connectivity index (χ1) is 14.1. The van der Waals surface area contributed by atoms with Gasteiger partial charge in [-0.2, -0.15) is 0 Å².